The SMILES string of the molecule is CCC(=O)C1=CN(c2ccc(-c3ccc(N4C=C(C(=O)CC)C(C)(C)CC4)c(C)c3)cc2C)CCC1(C)C. The minimum atomic E-state index is -0.0827. The summed E-state index contributed by atoms with van der Waals surface area (Å²) >= 11 is 0. The van der Waals surface area contributed by atoms with Crippen LogP contribution in [0.3, 0.4) is 0 Å². The Morgan fingerprint density at radius 2 is 1.05 bits per heavy atom. The average Bonchev–Trinajstić information content (AvgIpc) is 2.88. The largest absolute Gasteiger partial charge is 0.347 e. The van der Waals surface area contributed by atoms with Crippen LogP contribution in [0.5, 0.6) is 0 Å². The zero-order valence-electron chi connectivity index (χ0n) is 24.6. The van der Waals surface area contributed by atoms with Gasteiger partial charge in [-0.15, -0.1) is 0 Å². The van der Waals surface area contributed by atoms with E-state index in [1.807, 2.05) is 13.8 Å². The van der Waals surface area contributed by atoms with E-state index < -0.39 is 0 Å². The van der Waals surface area contributed by atoms with Crippen molar-refractivity contribution in [3.8, 4) is 11.1 Å². The van der Waals surface area contributed by atoms with Gasteiger partial charge in [-0.2, -0.15) is 0 Å². The molecule has 2 aromatic carbocycles. The first-order valence-electron chi connectivity index (χ1n) is 14.1. The lowest BCUT2D eigenvalue weighted by molar-refractivity contribution is -0.117. The van der Waals surface area contributed by atoms with Crippen molar-refractivity contribution in [1.82, 2.24) is 0 Å². The third-order valence-electron chi connectivity index (χ3n) is 8.57. The molecule has 202 valence electrons. The fourth-order valence-corrected chi connectivity index (χ4v) is 5.83. The van der Waals surface area contributed by atoms with Crippen molar-refractivity contribution in [2.75, 3.05) is 22.9 Å². The van der Waals surface area contributed by atoms with Crippen molar-refractivity contribution in [3.63, 3.8) is 0 Å². The highest BCUT2D eigenvalue weighted by atomic mass is 16.1. The summed E-state index contributed by atoms with van der Waals surface area (Å²) < 4.78 is 0. The summed E-state index contributed by atoms with van der Waals surface area (Å²) in [4.78, 5) is 29.8. The number of carbonyl (C=O) groups excluding carboxylic acids is 2. The van der Waals surface area contributed by atoms with Gasteiger partial charge >= 0.3 is 0 Å². The van der Waals surface area contributed by atoms with E-state index in [-0.39, 0.29) is 22.4 Å². The summed E-state index contributed by atoms with van der Waals surface area (Å²) in [5.74, 6) is 0.477. The molecule has 0 fully saturated rings. The van der Waals surface area contributed by atoms with Crippen LogP contribution in [0.2, 0.25) is 0 Å². The molecule has 0 saturated carbocycles. The van der Waals surface area contributed by atoms with Gasteiger partial charge in [-0.3, -0.25) is 9.59 Å². The van der Waals surface area contributed by atoms with Gasteiger partial charge in [-0.25, -0.2) is 0 Å². The van der Waals surface area contributed by atoms with Gasteiger partial charge in [-0.05, 0) is 84.0 Å². The Morgan fingerprint density at radius 1 is 0.684 bits per heavy atom. The highest BCUT2D eigenvalue weighted by Crippen LogP contribution is 2.40. The minimum absolute atomic E-state index is 0.0827. The fraction of sp³-hybridized carbons (Fsp3) is 0.471. The molecule has 4 heteroatoms. The summed E-state index contributed by atoms with van der Waals surface area (Å²) in [7, 11) is 0. The average molecular weight is 513 g/mol. The number of hydrogen-bond donors (Lipinski definition) is 0. The lowest BCUT2D eigenvalue weighted by Gasteiger charge is -2.37. The number of Topliss-reactive ketones (excluding diaryl/α,β-unsaturated/α-hetero) is 2. The van der Waals surface area contributed by atoms with Crippen LogP contribution < -0.4 is 9.80 Å². The Labute approximate surface area is 229 Å². The van der Waals surface area contributed by atoms with Gasteiger partial charge in [0.2, 0.25) is 0 Å². The molecule has 0 atom stereocenters. The third-order valence-corrected chi connectivity index (χ3v) is 8.57. The zero-order valence-corrected chi connectivity index (χ0v) is 24.6. The molecule has 2 aliphatic heterocycles. The van der Waals surface area contributed by atoms with E-state index in [0.29, 0.717) is 12.8 Å². The van der Waals surface area contributed by atoms with Crippen molar-refractivity contribution in [2.24, 2.45) is 10.8 Å². The van der Waals surface area contributed by atoms with Crippen LogP contribution in [-0.2, 0) is 9.59 Å². The Kier molecular flexibility index (Phi) is 7.74. The zero-order chi connectivity index (χ0) is 27.8. The van der Waals surface area contributed by atoms with Crippen molar-refractivity contribution in [2.45, 2.75) is 81.1 Å². The molecular weight excluding hydrogens is 468 g/mol. The molecule has 38 heavy (non-hydrogen) atoms. The lowest BCUT2D eigenvalue weighted by atomic mass is 9.76. The third kappa shape index (κ3) is 5.36. The quantitative estimate of drug-likeness (QED) is 0.375. The molecule has 0 spiro atoms. The molecule has 0 amide bonds. The minimum Gasteiger partial charge on any atom is -0.347 e. The number of hydrogen-bond acceptors (Lipinski definition) is 4. The van der Waals surface area contributed by atoms with Crippen molar-refractivity contribution in [3.05, 3.63) is 71.1 Å². The molecule has 0 saturated heterocycles. The molecule has 4 rings (SSSR count). The maximum Gasteiger partial charge on any atom is 0.160 e. The van der Waals surface area contributed by atoms with Crippen LogP contribution >= 0.6 is 0 Å². The molecule has 0 radical (unpaired) electrons. The van der Waals surface area contributed by atoms with Gasteiger partial charge in [0, 0.05) is 60.9 Å². The number of benzene rings is 2. The Bertz CT molecular complexity index is 1210. The van der Waals surface area contributed by atoms with Crippen LogP contribution in [0, 0.1) is 24.7 Å². The van der Waals surface area contributed by atoms with Crippen LogP contribution in [-0.4, -0.2) is 24.7 Å². The topological polar surface area (TPSA) is 40.6 Å². The van der Waals surface area contributed by atoms with Gasteiger partial charge in [0.1, 0.15) is 0 Å². The second-order valence-corrected chi connectivity index (χ2v) is 12.3. The standard InChI is InChI=1S/C34H44N2O2/c1-9-31(37)27-21-35(17-15-33(27,5)6)29-13-11-25(19-23(29)3)26-12-14-30(24(4)20-26)36-18-16-34(7,8)28(22-36)32(38)10-2/h11-14,19-22H,9-10,15-18H2,1-8H3. The number of nitrogens with zero attached hydrogens (tertiary/aromatic N) is 2. The first-order valence-corrected chi connectivity index (χ1v) is 14.1. The number of aryl methyl sites for hydroxylation is 2. The monoisotopic (exact) mass is 512 g/mol. The molecule has 4 nitrogen and oxygen atoms in total. The lowest BCUT2D eigenvalue weighted by Crippen LogP contribution is -2.35. The van der Waals surface area contributed by atoms with Crippen LogP contribution in [0.15, 0.2) is 59.9 Å². The molecular formula is C34H44N2O2. The smallest absolute Gasteiger partial charge is 0.160 e. The summed E-state index contributed by atoms with van der Waals surface area (Å²) in [6.45, 7) is 18.7. The fourth-order valence-electron chi connectivity index (χ4n) is 5.83. The number of carbonyl (C=O) groups is 2. The van der Waals surface area contributed by atoms with E-state index in [4.69, 9.17) is 0 Å². The summed E-state index contributed by atoms with van der Waals surface area (Å²) in [6, 6.07) is 13.3. The van der Waals surface area contributed by atoms with Crippen molar-refractivity contribution < 1.29 is 9.59 Å². The van der Waals surface area contributed by atoms with Crippen LogP contribution in [0.25, 0.3) is 11.1 Å². The van der Waals surface area contributed by atoms with E-state index in [2.05, 4.69) is 100 Å². The van der Waals surface area contributed by atoms with Crippen molar-refractivity contribution >= 4 is 22.9 Å². The van der Waals surface area contributed by atoms with E-state index in [0.717, 1.165) is 48.5 Å². The second kappa shape index (κ2) is 10.6. The van der Waals surface area contributed by atoms with E-state index in [9.17, 15) is 9.59 Å². The normalized spacial score (nSPS) is 18.6. The summed E-state index contributed by atoms with van der Waals surface area (Å²) in [5.41, 5.74) is 8.79. The molecule has 0 N–H and O–H groups in total. The molecule has 2 heterocycles. The number of allylic oxidation sites excluding steroid dienone is 2. The van der Waals surface area contributed by atoms with Crippen molar-refractivity contribution in [1.29, 1.82) is 0 Å². The first kappa shape index (κ1) is 27.9. The maximum atomic E-state index is 12.6. The van der Waals surface area contributed by atoms with Gasteiger partial charge < -0.3 is 9.80 Å². The molecule has 2 aliphatic rings. The van der Waals surface area contributed by atoms with E-state index in [1.54, 1.807) is 0 Å². The van der Waals surface area contributed by atoms with Gasteiger partial charge in [0.05, 0.1) is 0 Å². The predicted octanol–water partition coefficient (Wildman–Crippen LogP) is 8.17. The maximum absolute atomic E-state index is 12.6. The molecule has 2 aromatic rings. The number of rotatable bonds is 7. The summed E-state index contributed by atoms with van der Waals surface area (Å²) in [5, 5.41) is 0. The van der Waals surface area contributed by atoms with Crippen LogP contribution in [0.4, 0.5) is 11.4 Å². The Morgan fingerprint density at radius 3 is 1.37 bits per heavy atom. The van der Waals surface area contributed by atoms with E-state index in [1.165, 1.54) is 22.3 Å². The number of anilines is 2. The van der Waals surface area contributed by atoms with Gasteiger partial charge in [0.25, 0.3) is 0 Å². The van der Waals surface area contributed by atoms with E-state index >= 15 is 0 Å². The first-order chi connectivity index (χ1) is 17.9. The van der Waals surface area contributed by atoms with Gasteiger partial charge in [-0.1, -0.05) is 53.7 Å². The van der Waals surface area contributed by atoms with Gasteiger partial charge in [0.15, 0.2) is 11.6 Å². The van der Waals surface area contributed by atoms with Crippen LogP contribution in [0.1, 0.15) is 78.4 Å². The number of ketones is 2. The molecule has 0 bridgehead atoms. The molecule has 0 aromatic heterocycles. The summed E-state index contributed by atoms with van der Waals surface area (Å²) in [6.07, 6.45) is 7.16. The molecule has 0 unspecified atom stereocenters. The second-order valence-electron chi connectivity index (χ2n) is 12.3. The predicted molar refractivity (Wildman–Crippen MR) is 160 cm³/mol. The highest BCUT2D eigenvalue weighted by Gasteiger charge is 2.34. The Hall–Kier alpha value is -3.14. The molecule has 0 aliphatic carbocycles. The Balaban J connectivity index is 1.61. The highest BCUT2D eigenvalue weighted by molar-refractivity contribution is 5.97.